The molecular formula is C18H19ClN6O2S. The Hall–Kier alpha value is -2.65. The Morgan fingerprint density at radius 1 is 1.21 bits per heavy atom. The van der Waals surface area contributed by atoms with Crippen molar-refractivity contribution in [2.45, 2.75) is 25.9 Å². The third-order valence-electron chi connectivity index (χ3n) is 4.30. The molecule has 1 aliphatic rings. The van der Waals surface area contributed by atoms with Gasteiger partial charge in [0.2, 0.25) is 11.9 Å². The lowest BCUT2D eigenvalue weighted by molar-refractivity contribution is 0.102. The number of rotatable bonds is 6. The van der Waals surface area contributed by atoms with Gasteiger partial charge in [-0.05, 0) is 43.5 Å². The van der Waals surface area contributed by atoms with Gasteiger partial charge in [0.15, 0.2) is 0 Å². The highest BCUT2D eigenvalue weighted by Crippen LogP contribution is 2.19. The Morgan fingerprint density at radius 3 is 2.79 bits per heavy atom. The molecule has 1 aromatic carbocycles. The van der Waals surface area contributed by atoms with Crippen molar-refractivity contribution in [1.29, 1.82) is 0 Å². The van der Waals surface area contributed by atoms with E-state index in [9.17, 15) is 4.79 Å². The number of aromatic nitrogens is 4. The number of benzene rings is 1. The van der Waals surface area contributed by atoms with Gasteiger partial charge in [0.05, 0.1) is 0 Å². The summed E-state index contributed by atoms with van der Waals surface area (Å²) < 4.78 is 5.65. The SMILES string of the molecule is O=C(Nc1nc(N2CCCCC2)n[nH]1)c1csc(COc2ccc(Cl)cc2)n1. The number of aromatic amines is 1. The highest BCUT2D eigenvalue weighted by atomic mass is 35.5. The van der Waals surface area contributed by atoms with Crippen LogP contribution in [0.15, 0.2) is 29.6 Å². The lowest BCUT2D eigenvalue weighted by atomic mass is 10.1. The van der Waals surface area contributed by atoms with Crippen LogP contribution in [0.2, 0.25) is 5.02 Å². The number of hydrogen-bond acceptors (Lipinski definition) is 7. The molecule has 2 N–H and O–H groups in total. The number of piperidine rings is 1. The van der Waals surface area contributed by atoms with Crippen LogP contribution in [0.5, 0.6) is 5.75 Å². The van der Waals surface area contributed by atoms with Gasteiger partial charge in [-0.1, -0.05) is 11.6 Å². The van der Waals surface area contributed by atoms with Gasteiger partial charge in [-0.15, -0.1) is 16.4 Å². The number of halogens is 1. The number of hydrogen-bond donors (Lipinski definition) is 2. The summed E-state index contributed by atoms with van der Waals surface area (Å²) in [7, 11) is 0. The van der Waals surface area contributed by atoms with Crippen LogP contribution >= 0.6 is 22.9 Å². The molecule has 0 atom stereocenters. The molecule has 0 radical (unpaired) electrons. The summed E-state index contributed by atoms with van der Waals surface area (Å²) >= 11 is 7.22. The average Bonchev–Trinajstić information content (AvgIpc) is 3.38. The van der Waals surface area contributed by atoms with E-state index in [-0.39, 0.29) is 12.5 Å². The number of nitrogens with one attached hydrogen (secondary N) is 2. The van der Waals surface area contributed by atoms with Crippen LogP contribution in [-0.4, -0.2) is 39.2 Å². The Bertz CT molecular complexity index is 936. The molecule has 3 aromatic rings. The van der Waals surface area contributed by atoms with E-state index in [1.165, 1.54) is 17.8 Å². The topological polar surface area (TPSA) is 96.0 Å². The van der Waals surface area contributed by atoms with Gasteiger partial charge >= 0.3 is 0 Å². The molecule has 4 rings (SSSR count). The lowest BCUT2D eigenvalue weighted by Crippen LogP contribution is -2.30. The van der Waals surface area contributed by atoms with Crippen LogP contribution in [0.25, 0.3) is 0 Å². The van der Waals surface area contributed by atoms with Gasteiger partial charge in [-0.3, -0.25) is 10.1 Å². The summed E-state index contributed by atoms with van der Waals surface area (Å²) in [5, 5.41) is 12.7. The maximum Gasteiger partial charge on any atom is 0.277 e. The van der Waals surface area contributed by atoms with E-state index in [2.05, 4.69) is 30.4 Å². The maximum atomic E-state index is 12.4. The van der Waals surface area contributed by atoms with E-state index in [0.29, 0.717) is 33.4 Å². The van der Waals surface area contributed by atoms with Gasteiger partial charge in [-0.2, -0.15) is 4.98 Å². The number of anilines is 2. The van der Waals surface area contributed by atoms with E-state index in [1.54, 1.807) is 29.6 Å². The zero-order chi connectivity index (χ0) is 19.3. The van der Waals surface area contributed by atoms with Gasteiger partial charge < -0.3 is 9.64 Å². The van der Waals surface area contributed by atoms with Crippen molar-refractivity contribution >= 4 is 40.7 Å². The van der Waals surface area contributed by atoms with Crippen LogP contribution in [0.3, 0.4) is 0 Å². The minimum absolute atomic E-state index is 0.279. The summed E-state index contributed by atoms with van der Waals surface area (Å²) in [5.74, 6) is 1.29. The number of thiazole rings is 1. The number of H-pyrrole nitrogens is 1. The third-order valence-corrected chi connectivity index (χ3v) is 5.38. The van der Waals surface area contributed by atoms with E-state index in [1.807, 2.05) is 0 Å². The number of amides is 1. The van der Waals surface area contributed by atoms with Gasteiger partial charge in [0.1, 0.15) is 23.1 Å². The van der Waals surface area contributed by atoms with Gasteiger partial charge in [-0.25, -0.2) is 10.1 Å². The van der Waals surface area contributed by atoms with Crippen LogP contribution < -0.4 is 15.0 Å². The molecule has 0 aliphatic carbocycles. The molecule has 0 spiro atoms. The summed E-state index contributed by atoms with van der Waals surface area (Å²) in [4.78, 5) is 23.2. The van der Waals surface area contributed by atoms with E-state index in [0.717, 1.165) is 25.9 Å². The first-order chi connectivity index (χ1) is 13.7. The van der Waals surface area contributed by atoms with Crippen molar-refractivity contribution in [2.75, 3.05) is 23.3 Å². The van der Waals surface area contributed by atoms with Crippen molar-refractivity contribution in [3.8, 4) is 5.75 Å². The summed E-state index contributed by atoms with van der Waals surface area (Å²) in [6.45, 7) is 2.16. The smallest absolute Gasteiger partial charge is 0.277 e. The van der Waals surface area contributed by atoms with Gasteiger partial charge in [0, 0.05) is 23.5 Å². The van der Waals surface area contributed by atoms with Crippen LogP contribution in [-0.2, 0) is 6.61 Å². The molecule has 2 aromatic heterocycles. The summed E-state index contributed by atoms with van der Waals surface area (Å²) in [6.07, 6.45) is 3.50. The molecule has 8 nitrogen and oxygen atoms in total. The Balaban J connectivity index is 1.32. The van der Waals surface area contributed by atoms with E-state index in [4.69, 9.17) is 16.3 Å². The van der Waals surface area contributed by atoms with E-state index >= 15 is 0 Å². The Morgan fingerprint density at radius 2 is 2.00 bits per heavy atom. The largest absolute Gasteiger partial charge is 0.486 e. The maximum absolute atomic E-state index is 12.4. The summed E-state index contributed by atoms with van der Waals surface area (Å²) in [5.41, 5.74) is 0.315. The second kappa shape index (κ2) is 8.57. The molecule has 3 heterocycles. The minimum atomic E-state index is -0.338. The molecule has 1 fully saturated rings. The highest BCUT2D eigenvalue weighted by molar-refractivity contribution is 7.09. The van der Waals surface area contributed by atoms with Crippen molar-refractivity contribution in [3.05, 3.63) is 45.4 Å². The number of ether oxygens (including phenoxy) is 1. The predicted molar refractivity (Wildman–Crippen MR) is 108 cm³/mol. The van der Waals surface area contributed by atoms with Crippen LogP contribution in [0.4, 0.5) is 11.9 Å². The van der Waals surface area contributed by atoms with Crippen molar-refractivity contribution in [2.24, 2.45) is 0 Å². The molecule has 1 amide bonds. The van der Waals surface area contributed by atoms with Gasteiger partial charge in [0.25, 0.3) is 5.91 Å². The molecule has 0 saturated carbocycles. The third kappa shape index (κ3) is 4.60. The van der Waals surface area contributed by atoms with E-state index < -0.39 is 0 Å². The first kappa shape index (κ1) is 18.7. The molecular weight excluding hydrogens is 400 g/mol. The zero-order valence-electron chi connectivity index (χ0n) is 15.0. The monoisotopic (exact) mass is 418 g/mol. The second-order valence-electron chi connectivity index (χ2n) is 6.35. The number of nitrogens with zero attached hydrogens (tertiary/aromatic N) is 4. The predicted octanol–water partition coefficient (Wildman–Crippen LogP) is 3.74. The average molecular weight is 419 g/mol. The molecule has 146 valence electrons. The normalized spacial score (nSPS) is 14.1. The Labute approximate surface area is 170 Å². The molecule has 10 heteroatoms. The second-order valence-corrected chi connectivity index (χ2v) is 7.73. The Kier molecular flexibility index (Phi) is 5.73. The van der Waals surface area contributed by atoms with Crippen molar-refractivity contribution < 1.29 is 9.53 Å². The lowest BCUT2D eigenvalue weighted by Gasteiger charge is -2.24. The molecule has 1 saturated heterocycles. The van der Waals surface area contributed by atoms with Crippen molar-refractivity contribution in [1.82, 2.24) is 20.2 Å². The first-order valence-electron chi connectivity index (χ1n) is 8.99. The first-order valence-corrected chi connectivity index (χ1v) is 10.2. The molecule has 1 aliphatic heterocycles. The number of carbonyl (C=O) groups excluding carboxylic acids is 1. The fourth-order valence-electron chi connectivity index (χ4n) is 2.87. The summed E-state index contributed by atoms with van der Waals surface area (Å²) in [6, 6.07) is 7.08. The van der Waals surface area contributed by atoms with Crippen LogP contribution in [0.1, 0.15) is 34.8 Å². The molecule has 0 unspecified atom stereocenters. The minimum Gasteiger partial charge on any atom is -0.486 e. The fourth-order valence-corrected chi connectivity index (χ4v) is 3.68. The van der Waals surface area contributed by atoms with Crippen molar-refractivity contribution in [3.63, 3.8) is 0 Å². The molecule has 0 bridgehead atoms. The molecule has 28 heavy (non-hydrogen) atoms. The van der Waals surface area contributed by atoms with Crippen LogP contribution in [0, 0.1) is 0 Å². The standard InChI is InChI=1S/C18H19ClN6O2S/c19-12-4-6-13(7-5-12)27-10-15-20-14(11-28-15)16(26)21-17-22-18(24-23-17)25-8-2-1-3-9-25/h4-7,11H,1-3,8-10H2,(H2,21,22,23,24,26). The quantitative estimate of drug-likeness (QED) is 0.633. The fraction of sp³-hybridized carbons (Fsp3) is 0.333. The zero-order valence-corrected chi connectivity index (χ0v) is 16.6. The number of carbonyl (C=O) groups is 1. The highest BCUT2D eigenvalue weighted by Gasteiger charge is 2.17.